The molecule has 7 nitrogen and oxygen atoms in total. The Hall–Kier alpha value is -3.35. The van der Waals surface area contributed by atoms with Crippen LogP contribution in [0, 0.1) is 5.92 Å². The SMILES string of the molecule is CCN(C(=O)CC1CCC(NC(=O)OCC2c3ccccc3-c3ccccc32)C1)C(C)(C)C(=O)O. The number of carbonyl (C=O) groups excluding carboxylic acids is 2. The third kappa shape index (κ3) is 5.04. The second kappa shape index (κ2) is 10.1. The molecule has 0 bridgehead atoms. The molecule has 2 aliphatic rings. The van der Waals surface area contributed by atoms with Gasteiger partial charge in [-0.05, 0) is 68.2 Å². The number of nitrogens with one attached hydrogen (secondary N) is 1. The first kappa shape index (κ1) is 24.8. The fourth-order valence-corrected chi connectivity index (χ4v) is 5.55. The predicted molar refractivity (Wildman–Crippen MR) is 133 cm³/mol. The number of ether oxygens (including phenoxy) is 1. The number of benzene rings is 2. The van der Waals surface area contributed by atoms with Crippen LogP contribution in [-0.2, 0) is 14.3 Å². The lowest BCUT2D eigenvalue weighted by atomic mass is 9.98. The van der Waals surface area contributed by atoms with Crippen molar-refractivity contribution in [2.24, 2.45) is 5.92 Å². The first-order valence-corrected chi connectivity index (χ1v) is 12.4. The second-order valence-electron chi connectivity index (χ2n) is 10.1. The van der Waals surface area contributed by atoms with Crippen LogP contribution in [0.25, 0.3) is 11.1 Å². The van der Waals surface area contributed by atoms with Gasteiger partial charge in [-0.1, -0.05) is 48.5 Å². The molecule has 2 aliphatic carbocycles. The molecule has 2 amide bonds. The molecule has 2 unspecified atom stereocenters. The molecule has 7 heteroatoms. The number of nitrogens with zero attached hydrogens (tertiary/aromatic N) is 1. The predicted octanol–water partition coefficient (Wildman–Crippen LogP) is 4.80. The van der Waals surface area contributed by atoms with E-state index in [-0.39, 0.29) is 36.8 Å². The van der Waals surface area contributed by atoms with Gasteiger partial charge >= 0.3 is 12.1 Å². The highest BCUT2D eigenvalue weighted by molar-refractivity contribution is 5.86. The van der Waals surface area contributed by atoms with Crippen LogP contribution in [0.2, 0.25) is 0 Å². The summed E-state index contributed by atoms with van der Waals surface area (Å²) in [6.07, 6.45) is 2.11. The van der Waals surface area contributed by atoms with Crippen LogP contribution in [0.5, 0.6) is 0 Å². The topological polar surface area (TPSA) is 95.9 Å². The van der Waals surface area contributed by atoms with Crippen LogP contribution in [0.15, 0.2) is 48.5 Å². The highest BCUT2D eigenvalue weighted by Gasteiger charge is 2.38. The summed E-state index contributed by atoms with van der Waals surface area (Å²) in [5.74, 6) is -1.06. The molecule has 4 rings (SSSR count). The molecule has 0 spiro atoms. The molecule has 0 heterocycles. The highest BCUT2D eigenvalue weighted by Crippen LogP contribution is 2.44. The van der Waals surface area contributed by atoms with Gasteiger partial charge in [-0.15, -0.1) is 0 Å². The van der Waals surface area contributed by atoms with Crippen molar-refractivity contribution in [2.45, 2.75) is 64.0 Å². The van der Waals surface area contributed by atoms with Gasteiger partial charge in [-0.2, -0.15) is 0 Å². The van der Waals surface area contributed by atoms with E-state index in [4.69, 9.17) is 4.74 Å². The van der Waals surface area contributed by atoms with Crippen LogP contribution in [-0.4, -0.2) is 52.7 Å². The van der Waals surface area contributed by atoms with E-state index >= 15 is 0 Å². The van der Waals surface area contributed by atoms with Crippen molar-refractivity contribution < 1.29 is 24.2 Å². The zero-order valence-corrected chi connectivity index (χ0v) is 20.6. The van der Waals surface area contributed by atoms with E-state index in [1.807, 2.05) is 24.3 Å². The van der Waals surface area contributed by atoms with Gasteiger partial charge in [0.1, 0.15) is 12.1 Å². The average molecular weight is 479 g/mol. The number of alkyl carbamates (subject to hydrolysis) is 1. The summed E-state index contributed by atoms with van der Waals surface area (Å²) < 4.78 is 5.65. The molecule has 35 heavy (non-hydrogen) atoms. The molecule has 2 aromatic carbocycles. The number of hydrogen-bond donors (Lipinski definition) is 2. The number of amides is 2. The Kier molecular flexibility index (Phi) is 7.15. The Morgan fingerprint density at radius 3 is 2.20 bits per heavy atom. The minimum Gasteiger partial charge on any atom is -0.480 e. The number of carboxylic acids is 1. The number of carbonyl (C=O) groups is 3. The summed E-state index contributed by atoms with van der Waals surface area (Å²) >= 11 is 0. The monoisotopic (exact) mass is 478 g/mol. The van der Waals surface area contributed by atoms with Gasteiger partial charge in [-0.25, -0.2) is 9.59 Å². The minimum atomic E-state index is -1.25. The van der Waals surface area contributed by atoms with Crippen molar-refractivity contribution in [3.05, 3.63) is 59.7 Å². The van der Waals surface area contributed by atoms with Crippen LogP contribution in [0.3, 0.4) is 0 Å². The standard InChI is InChI=1S/C28H34N2O5/c1-4-30(28(2,3)26(32)33)25(31)16-18-13-14-19(15-18)29-27(34)35-17-24-22-11-7-5-9-20(22)21-10-6-8-12-23(21)24/h5-12,18-19,24H,4,13-17H2,1-3H3,(H,29,34)(H,32,33). The maximum absolute atomic E-state index is 12.8. The van der Waals surface area contributed by atoms with E-state index in [2.05, 4.69) is 29.6 Å². The fraction of sp³-hybridized carbons (Fsp3) is 0.464. The number of aliphatic carboxylic acids is 1. The van der Waals surface area contributed by atoms with E-state index < -0.39 is 17.6 Å². The molecule has 0 aliphatic heterocycles. The number of rotatable bonds is 8. The first-order valence-electron chi connectivity index (χ1n) is 12.4. The van der Waals surface area contributed by atoms with Crippen molar-refractivity contribution in [3.8, 4) is 11.1 Å². The number of carboxylic acid groups (broad SMARTS) is 1. The molecular formula is C28H34N2O5. The maximum Gasteiger partial charge on any atom is 0.407 e. The van der Waals surface area contributed by atoms with Crippen molar-refractivity contribution in [1.29, 1.82) is 0 Å². The molecule has 1 saturated carbocycles. The van der Waals surface area contributed by atoms with Crippen LogP contribution < -0.4 is 5.32 Å². The van der Waals surface area contributed by atoms with E-state index in [9.17, 15) is 19.5 Å². The third-order valence-corrected chi connectivity index (χ3v) is 7.49. The van der Waals surface area contributed by atoms with Crippen molar-refractivity contribution in [1.82, 2.24) is 10.2 Å². The Morgan fingerprint density at radius 1 is 1.03 bits per heavy atom. The number of fused-ring (bicyclic) bond motifs is 3. The van der Waals surface area contributed by atoms with Crippen LogP contribution >= 0.6 is 0 Å². The average Bonchev–Trinajstić information content (AvgIpc) is 3.39. The van der Waals surface area contributed by atoms with Gasteiger partial charge in [0.05, 0.1) is 0 Å². The summed E-state index contributed by atoms with van der Waals surface area (Å²) in [5, 5.41) is 12.4. The summed E-state index contributed by atoms with van der Waals surface area (Å²) in [6.45, 7) is 5.50. The largest absolute Gasteiger partial charge is 0.480 e. The van der Waals surface area contributed by atoms with E-state index in [1.165, 1.54) is 27.2 Å². The zero-order valence-electron chi connectivity index (χ0n) is 20.6. The van der Waals surface area contributed by atoms with Gasteiger partial charge in [-0.3, -0.25) is 4.79 Å². The Balaban J connectivity index is 1.29. The van der Waals surface area contributed by atoms with Gasteiger partial charge in [0.2, 0.25) is 5.91 Å². The molecule has 0 radical (unpaired) electrons. The summed E-state index contributed by atoms with van der Waals surface area (Å²) in [5.41, 5.74) is 3.47. The zero-order chi connectivity index (χ0) is 25.2. The lowest BCUT2D eigenvalue weighted by Crippen LogP contribution is -2.53. The minimum absolute atomic E-state index is 0.0136. The van der Waals surface area contributed by atoms with Crippen molar-refractivity contribution >= 4 is 18.0 Å². The number of hydrogen-bond acceptors (Lipinski definition) is 4. The molecule has 0 saturated heterocycles. The fourth-order valence-electron chi connectivity index (χ4n) is 5.55. The molecule has 2 aromatic rings. The molecular weight excluding hydrogens is 444 g/mol. The van der Waals surface area contributed by atoms with Gasteiger partial charge in [0.15, 0.2) is 0 Å². The van der Waals surface area contributed by atoms with E-state index in [1.54, 1.807) is 20.8 Å². The van der Waals surface area contributed by atoms with Crippen LogP contribution in [0.1, 0.15) is 63.5 Å². The quantitative estimate of drug-likeness (QED) is 0.568. The lowest BCUT2D eigenvalue weighted by molar-refractivity contribution is -0.157. The van der Waals surface area contributed by atoms with Gasteiger partial charge in [0.25, 0.3) is 0 Å². The molecule has 2 atom stereocenters. The summed E-state index contributed by atoms with van der Waals surface area (Å²) in [4.78, 5) is 38.4. The van der Waals surface area contributed by atoms with Gasteiger partial charge in [0, 0.05) is 24.9 Å². The molecule has 2 N–H and O–H groups in total. The van der Waals surface area contributed by atoms with E-state index in [0.29, 0.717) is 13.0 Å². The third-order valence-electron chi connectivity index (χ3n) is 7.49. The van der Waals surface area contributed by atoms with Crippen molar-refractivity contribution in [2.75, 3.05) is 13.2 Å². The Bertz CT molecular complexity index is 1070. The molecule has 1 fully saturated rings. The van der Waals surface area contributed by atoms with Crippen molar-refractivity contribution in [3.63, 3.8) is 0 Å². The Labute approximate surface area is 206 Å². The smallest absolute Gasteiger partial charge is 0.407 e. The summed E-state index contributed by atoms with van der Waals surface area (Å²) in [7, 11) is 0. The summed E-state index contributed by atoms with van der Waals surface area (Å²) in [6, 6.07) is 16.4. The molecule has 186 valence electrons. The maximum atomic E-state index is 12.8. The van der Waals surface area contributed by atoms with Crippen LogP contribution in [0.4, 0.5) is 4.79 Å². The lowest BCUT2D eigenvalue weighted by Gasteiger charge is -2.35. The first-order chi connectivity index (χ1) is 16.7. The Morgan fingerprint density at radius 2 is 1.63 bits per heavy atom. The van der Waals surface area contributed by atoms with E-state index in [0.717, 1.165) is 12.8 Å². The number of likely N-dealkylation sites (N-methyl/N-ethyl adjacent to an activating group) is 1. The highest BCUT2D eigenvalue weighted by atomic mass is 16.5. The van der Waals surface area contributed by atoms with Gasteiger partial charge < -0.3 is 20.1 Å². The molecule has 0 aromatic heterocycles. The normalized spacial score (nSPS) is 19.1. The second-order valence-corrected chi connectivity index (χ2v) is 10.1.